The van der Waals surface area contributed by atoms with Crippen molar-refractivity contribution >= 4 is 5.69 Å². The molecule has 0 bridgehead atoms. The van der Waals surface area contributed by atoms with E-state index in [0.29, 0.717) is 0 Å². The van der Waals surface area contributed by atoms with Gasteiger partial charge in [0, 0.05) is 31.2 Å². The number of hydrogen-bond donors (Lipinski definition) is 1. The minimum absolute atomic E-state index is 0.738. The molecule has 0 aliphatic carbocycles. The Kier molecular flexibility index (Phi) is 5.20. The zero-order valence-electron chi connectivity index (χ0n) is 12.5. The predicted octanol–water partition coefficient (Wildman–Crippen LogP) is 2.85. The third kappa shape index (κ3) is 4.20. The SMILES string of the molecule is Cc1cnccc1N1CCCC(CNCC(C)C)C1. The Balaban J connectivity index is 1.88. The minimum Gasteiger partial charge on any atom is -0.371 e. The van der Waals surface area contributed by atoms with Crippen molar-refractivity contribution in [2.24, 2.45) is 11.8 Å². The van der Waals surface area contributed by atoms with Crippen LogP contribution in [0.4, 0.5) is 5.69 Å². The fourth-order valence-corrected chi connectivity index (χ4v) is 2.85. The van der Waals surface area contributed by atoms with Crippen molar-refractivity contribution in [1.29, 1.82) is 0 Å². The van der Waals surface area contributed by atoms with Crippen LogP contribution in [0.15, 0.2) is 18.5 Å². The van der Waals surface area contributed by atoms with Gasteiger partial charge in [0.1, 0.15) is 0 Å². The van der Waals surface area contributed by atoms with Crippen molar-refractivity contribution in [1.82, 2.24) is 10.3 Å². The lowest BCUT2D eigenvalue weighted by atomic mass is 9.97. The van der Waals surface area contributed by atoms with Gasteiger partial charge in [-0.05, 0) is 56.3 Å². The van der Waals surface area contributed by atoms with Gasteiger partial charge in [-0.3, -0.25) is 4.98 Å². The van der Waals surface area contributed by atoms with E-state index in [1.165, 1.54) is 37.2 Å². The monoisotopic (exact) mass is 261 g/mol. The van der Waals surface area contributed by atoms with E-state index in [0.717, 1.165) is 24.9 Å². The lowest BCUT2D eigenvalue weighted by Crippen LogP contribution is -2.40. The normalized spacial score (nSPS) is 20.0. The summed E-state index contributed by atoms with van der Waals surface area (Å²) in [6.45, 7) is 11.3. The largest absolute Gasteiger partial charge is 0.371 e. The molecule has 1 N–H and O–H groups in total. The lowest BCUT2D eigenvalue weighted by Gasteiger charge is -2.35. The van der Waals surface area contributed by atoms with Gasteiger partial charge in [0.25, 0.3) is 0 Å². The number of piperidine rings is 1. The molecule has 0 aromatic carbocycles. The summed E-state index contributed by atoms with van der Waals surface area (Å²) < 4.78 is 0. The van der Waals surface area contributed by atoms with Gasteiger partial charge >= 0.3 is 0 Å². The number of hydrogen-bond acceptors (Lipinski definition) is 3. The average molecular weight is 261 g/mol. The Morgan fingerprint density at radius 1 is 1.47 bits per heavy atom. The summed E-state index contributed by atoms with van der Waals surface area (Å²) in [6.07, 6.45) is 6.53. The third-order valence-electron chi connectivity index (χ3n) is 3.84. The van der Waals surface area contributed by atoms with Crippen molar-refractivity contribution in [3.63, 3.8) is 0 Å². The molecule has 1 aliphatic rings. The maximum absolute atomic E-state index is 4.19. The molecule has 19 heavy (non-hydrogen) atoms. The third-order valence-corrected chi connectivity index (χ3v) is 3.84. The molecular weight excluding hydrogens is 234 g/mol. The molecule has 0 spiro atoms. The first kappa shape index (κ1) is 14.3. The highest BCUT2D eigenvalue weighted by molar-refractivity contribution is 5.51. The molecule has 1 aromatic heterocycles. The molecule has 106 valence electrons. The molecule has 3 heteroatoms. The standard InChI is InChI=1S/C16H27N3/c1-13(2)9-18-11-15-5-4-8-19(12-15)16-6-7-17-10-14(16)3/h6-7,10,13,15,18H,4-5,8-9,11-12H2,1-3H3. The van der Waals surface area contributed by atoms with Gasteiger partial charge < -0.3 is 10.2 Å². The summed E-state index contributed by atoms with van der Waals surface area (Å²) in [4.78, 5) is 6.72. The Morgan fingerprint density at radius 3 is 3.05 bits per heavy atom. The van der Waals surface area contributed by atoms with Gasteiger partial charge in [-0.15, -0.1) is 0 Å². The second-order valence-corrected chi connectivity index (χ2v) is 6.17. The molecule has 1 aliphatic heterocycles. The number of nitrogens with one attached hydrogen (secondary N) is 1. The van der Waals surface area contributed by atoms with Gasteiger partial charge in [-0.2, -0.15) is 0 Å². The van der Waals surface area contributed by atoms with Gasteiger partial charge in [0.2, 0.25) is 0 Å². The Labute approximate surface area is 117 Å². The minimum atomic E-state index is 0.738. The molecule has 2 heterocycles. The summed E-state index contributed by atoms with van der Waals surface area (Å²) >= 11 is 0. The van der Waals surface area contributed by atoms with Crippen molar-refractivity contribution < 1.29 is 0 Å². The van der Waals surface area contributed by atoms with Crippen molar-refractivity contribution in [3.05, 3.63) is 24.0 Å². The Morgan fingerprint density at radius 2 is 2.32 bits per heavy atom. The molecule has 0 radical (unpaired) electrons. The van der Waals surface area contributed by atoms with E-state index in [1.807, 2.05) is 12.4 Å². The molecule has 1 saturated heterocycles. The van der Waals surface area contributed by atoms with Crippen LogP contribution in [0.25, 0.3) is 0 Å². The van der Waals surface area contributed by atoms with Crippen molar-refractivity contribution in [2.45, 2.75) is 33.6 Å². The molecule has 0 amide bonds. The molecular formula is C16H27N3. The number of anilines is 1. The molecule has 1 unspecified atom stereocenters. The van der Waals surface area contributed by atoms with Crippen LogP contribution in [0.2, 0.25) is 0 Å². The highest BCUT2D eigenvalue weighted by Crippen LogP contribution is 2.25. The maximum atomic E-state index is 4.19. The summed E-state index contributed by atoms with van der Waals surface area (Å²) in [6, 6.07) is 2.15. The Bertz CT molecular complexity index is 389. The average Bonchev–Trinajstić information content (AvgIpc) is 2.39. The van der Waals surface area contributed by atoms with Crippen LogP contribution in [-0.2, 0) is 0 Å². The summed E-state index contributed by atoms with van der Waals surface area (Å²) in [5.74, 6) is 1.52. The smallest absolute Gasteiger partial charge is 0.0426 e. The first-order valence-corrected chi connectivity index (χ1v) is 7.53. The number of aromatic nitrogens is 1. The summed E-state index contributed by atoms with van der Waals surface area (Å²) in [5.41, 5.74) is 2.65. The molecule has 1 atom stereocenters. The van der Waals surface area contributed by atoms with Crippen LogP contribution in [0, 0.1) is 18.8 Å². The van der Waals surface area contributed by atoms with Crippen LogP contribution < -0.4 is 10.2 Å². The number of aryl methyl sites for hydroxylation is 1. The van der Waals surface area contributed by atoms with Crippen LogP contribution in [0.5, 0.6) is 0 Å². The first-order chi connectivity index (χ1) is 9.16. The number of rotatable bonds is 5. The van der Waals surface area contributed by atoms with E-state index < -0.39 is 0 Å². The van der Waals surface area contributed by atoms with Crippen LogP contribution in [0.3, 0.4) is 0 Å². The zero-order chi connectivity index (χ0) is 13.7. The Hall–Kier alpha value is -1.09. The lowest BCUT2D eigenvalue weighted by molar-refractivity contribution is 0.382. The van der Waals surface area contributed by atoms with Crippen molar-refractivity contribution in [2.75, 3.05) is 31.1 Å². The van der Waals surface area contributed by atoms with Gasteiger partial charge in [-0.1, -0.05) is 13.8 Å². The second-order valence-electron chi connectivity index (χ2n) is 6.17. The number of pyridine rings is 1. The van der Waals surface area contributed by atoms with Gasteiger partial charge in [-0.25, -0.2) is 0 Å². The fraction of sp³-hybridized carbons (Fsp3) is 0.688. The topological polar surface area (TPSA) is 28.2 Å². The van der Waals surface area contributed by atoms with E-state index >= 15 is 0 Å². The van der Waals surface area contributed by atoms with E-state index in [4.69, 9.17) is 0 Å². The highest BCUT2D eigenvalue weighted by atomic mass is 15.1. The second kappa shape index (κ2) is 6.90. The van der Waals surface area contributed by atoms with E-state index in [2.05, 4.69) is 42.0 Å². The van der Waals surface area contributed by atoms with Crippen molar-refractivity contribution in [3.8, 4) is 0 Å². The fourth-order valence-electron chi connectivity index (χ4n) is 2.85. The van der Waals surface area contributed by atoms with Gasteiger partial charge in [0.05, 0.1) is 0 Å². The quantitative estimate of drug-likeness (QED) is 0.883. The summed E-state index contributed by atoms with van der Waals surface area (Å²) in [7, 11) is 0. The molecule has 1 aromatic rings. The number of nitrogens with zero attached hydrogens (tertiary/aromatic N) is 2. The van der Waals surface area contributed by atoms with E-state index in [1.54, 1.807) is 0 Å². The summed E-state index contributed by atoms with van der Waals surface area (Å²) in [5, 5.41) is 3.60. The highest BCUT2D eigenvalue weighted by Gasteiger charge is 2.20. The molecule has 2 rings (SSSR count). The zero-order valence-corrected chi connectivity index (χ0v) is 12.5. The molecule has 1 fully saturated rings. The first-order valence-electron chi connectivity index (χ1n) is 7.53. The van der Waals surface area contributed by atoms with Gasteiger partial charge in [0.15, 0.2) is 0 Å². The van der Waals surface area contributed by atoms with E-state index in [9.17, 15) is 0 Å². The molecule has 0 saturated carbocycles. The van der Waals surface area contributed by atoms with E-state index in [-0.39, 0.29) is 0 Å². The predicted molar refractivity (Wildman–Crippen MR) is 81.6 cm³/mol. The maximum Gasteiger partial charge on any atom is 0.0426 e. The van der Waals surface area contributed by atoms with Crippen LogP contribution >= 0.6 is 0 Å². The van der Waals surface area contributed by atoms with Crippen LogP contribution in [-0.4, -0.2) is 31.2 Å². The van der Waals surface area contributed by atoms with Crippen LogP contribution in [0.1, 0.15) is 32.3 Å². The molecule has 3 nitrogen and oxygen atoms in total.